The third kappa shape index (κ3) is 12.9. The Balaban J connectivity index is 0.000000267. The average Bonchev–Trinajstić information content (AvgIpc) is 3.34. The first-order valence-electron chi connectivity index (χ1n) is 26.6. The van der Waals surface area contributed by atoms with E-state index in [0.29, 0.717) is 12.8 Å². The van der Waals surface area contributed by atoms with Crippen LogP contribution in [-0.4, -0.2) is 35.6 Å². The largest absolute Gasteiger partial charge is 0.491 e. The zero-order valence-corrected chi connectivity index (χ0v) is 46.7. The van der Waals surface area contributed by atoms with Gasteiger partial charge in [0.15, 0.2) is 0 Å². The summed E-state index contributed by atoms with van der Waals surface area (Å²) >= 11 is 0. The van der Waals surface area contributed by atoms with Crippen molar-refractivity contribution in [1.29, 1.82) is 0 Å². The minimum absolute atomic E-state index is 0.130. The lowest BCUT2D eigenvalue weighted by Gasteiger charge is -2.34. The van der Waals surface area contributed by atoms with Crippen molar-refractivity contribution >= 4 is 0 Å². The molecule has 2 N–H and O–H groups in total. The number of aryl methyl sites for hydroxylation is 6. The van der Waals surface area contributed by atoms with Crippen LogP contribution in [0.4, 0.5) is 8.78 Å². The summed E-state index contributed by atoms with van der Waals surface area (Å²) in [5.74, 6) is 1.35. The lowest BCUT2D eigenvalue weighted by Crippen LogP contribution is -2.32. The van der Waals surface area contributed by atoms with Crippen molar-refractivity contribution in [3.8, 4) is 33.8 Å². The Morgan fingerprint density at radius 3 is 0.972 bits per heavy atom. The fraction of sp³-hybridized carbons (Fsp3) is 0.455. The molecule has 72 heavy (non-hydrogen) atoms. The van der Waals surface area contributed by atoms with E-state index in [2.05, 4.69) is 116 Å². The van der Waals surface area contributed by atoms with Gasteiger partial charge in [-0.15, -0.1) is 0 Å². The third-order valence-corrected chi connectivity index (χ3v) is 15.7. The van der Waals surface area contributed by atoms with E-state index in [0.717, 1.165) is 92.8 Å². The fourth-order valence-electron chi connectivity index (χ4n) is 10.1. The molecule has 6 aromatic carbocycles. The van der Waals surface area contributed by atoms with E-state index in [1.54, 1.807) is 12.1 Å². The van der Waals surface area contributed by atoms with Gasteiger partial charge in [0.2, 0.25) is 0 Å². The second kappa shape index (κ2) is 24.2. The van der Waals surface area contributed by atoms with E-state index in [9.17, 15) is 19.0 Å². The molecule has 0 aliphatic carbocycles. The zero-order valence-electron chi connectivity index (χ0n) is 46.7. The third-order valence-electron chi connectivity index (χ3n) is 15.7. The Bertz CT molecular complexity index is 2560. The highest BCUT2D eigenvalue weighted by Gasteiger charge is 2.34. The van der Waals surface area contributed by atoms with Gasteiger partial charge in [-0.2, -0.15) is 0 Å². The zero-order chi connectivity index (χ0) is 53.3. The highest BCUT2D eigenvalue weighted by molar-refractivity contribution is 5.70. The van der Waals surface area contributed by atoms with Crippen LogP contribution in [0.5, 0.6) is 11.5 Å². The van der Waals surface area contributed by atoms with Crippen LogP contribution in [0.2, 0.25) is 0 Å². The molecule has 4 nitrogen and oxygen atoms in total. The van der Waals surface area contributed by atoms with Gasteiger partial charge in [0.05, 0.1) is 12.2 Å². The van der Waals surface area contributed by atoms with E-state index in [-0.39, 0.29) is 46.5 Å². The van der Waals surface area contributed by atoms with Crippen LogP contribution in [-0.2, 0) is 23.7 Å². The van der Waals surface area contributed by atoms with Crippen molar-refractivity contribution in [2.45, 2.75) is 172 Å². The monoisotopic (exact) mass is 981 g/mol. The first kappa shape index (κ1) is 57.6. The van der Waals surface area contributed by atoms with Crippen LogP contribution >= 0.6 is 0 Å². The van der Waals surface area contributed by atoms with Gasteiger partial charge in [-0.05, 0) is 179 Å². The Labute approximate surface area is 433 Å². The molecule has 6 heteroatoms. The topological polar surface area (TPSA) is 58.9 Å². The molecule has 0 heterocycles. The summed E-state index contributed by atoms with van der Waals surface area (Å²) in [6, 6.07) is 37.3. The average molecular weight is 981 g/mol. The molecule has 0 bridgehead atoms. The molecule has 0 saturated heterocycles. The van der Waals surface area contributed by atoms with Gasteiger partial charge in [0.1, 0.15) is 36.3 Å². The molecule has 0 aliphatic heterocycles. The molecule has 0 fully saturated rings. The summed E-state index contributed by atoms with van der Waals surface area (Å²) in [4.78, 5) is 0. The summed E-state index contributed by atoms with van der Waals surface area (Å²) in [6.45, 7) is 33.9. The van der Waals surface area contributed by atoms with Gasteiger partial charge >= 0.3 is 0 Å². The maximum absolute atomic E-state index is 14.5. The van der Waals surface area contributed by atoms with Crippen LogP contribution in [0, 0.1) is 50.2 Å². The minimum Gasteiger partial charge on any atom is -0.491 e. The molecule has 0 spiro atoms. The first-order chi connectivity index (χ1) is 33.9. The van der Waals surface area contributed by atoms with E-state index < -0.39 is 12.2 Å². The van der Waals surface area contributed by atoms with E-state index >= 15 is 0 Å². The molecule has 0 radical (unpaired) electrons. The second-order valence-corrected chi connectivity index (χ2v) is 22.3. The number of hydrogen-bond acceptors (Lipinski definition) is 4. The van der Waals surface area contributed by atoms with Gasteiger partial charge in [-0.3, -0.25) is 0 Å². The number of halogens is 2. The number of aliphatic hydroxyl groups excluding tert-OH is 2. The first-order valence-corrected chi connectivity index (χ1v) is 26.6. The Morgan fingerprint density at radius 1 is 0.417 bits per heavy atom. The molecule has 6 aromatic rings. The highest BCUT2D eigenvalue weighted by Crippen LogP contribution is 2.44. The van der Waals surface area contributed by atoms with Crippen molar-refractivity contribution in [2.24, 2.45) is 10.8 Å². The molecule has 0 amide bonds. The quantitative estimate of drug-likeness (QED) is 0.0901. The van der Waals surface area contributed by atoms with E-state index in [4.69, 9.17) is 9.47 Å². The van der Waals surface area contributed by atoms with Crippen LogP contribution in [0.3, 0.4) is 0 Å². The van der Waals surface area contributed by atoms with Gasteiger partial charge in [0, 0.05) is 10.8 Å². The van der Waals surface area contributed by atoms with Gasteiger partial charge in [-0.1, -0.05) is 168 Å². The predicted octanol–water partition coefficient (Wildman–Crippen LogP) is 17.1. The summed E-state index contributed by atoms with van der Waals surface area (Å²) in [6.07, 6.45) is 4.18. The Morgan fingerprint density at radius 2 is 0.722 bits per heavy atom. The van der Waals surface area contributed by atoms with E-state index in [1.807, 2.05) is 91.8 Å². The fourth-order valence-corrected chi connectivity index (χ4v) is 10.1. The summed E-state index contributed by atoms with van der Waals surface area (Å²) in [7, 11) is 0. The van der Waals surface area contributed by atoms with Crippen molar-refractivity contribution in [3.05, 3.63) is 176 Å². The normalized spacial score (nSPS) is 13.1. The minimum atomic E-state index is -0.532. The summed E-state index contributed by atoms with van der Waals surface area (Å²) in [5.41, 5.74) is 14.3. The maximum atomic E-state index is 14.5. The van der Waals surface area contributed by atoms with Gasteiger partial charge < -0.3 is 19.7 Å². The molecule has 6 rings (SSSR count). The van der Waals surface area contributed by atoms with Crippen LogP contribution in [0.1, 0.15) is 164 Å². The van der Waals surface area contributed by atoms with Crippen molar-refractivity contribution in [3.63, 3.8) is 0 Å². The lowest BCUT2D eigenvalue weighted by atomic mass is 9.69. The van der Waals surface area contributed by atoms with Gasteiger partial charge in [0.25, 0.3) is 0 Å². The molecule has 0 saturated carbocycles. The summed E-state index contributed by atoms with van der Waals surface area (Å²) in [5, 5.41) is 20.7. The smallest absolute Gasteiger partial charge is 0.127 e. The molecule has 0 aliphatic rings. The number of rotatable bonds is 18. The highest BCUT2D eigenvalue weighted by atomic mass is 19.1. The standard InChI is InChI=1S/2C33H43FO2/c2*1-9-24-12-13-25(20-29(24)34)28-16-14-26(18-22(28)4)33(10-2,11-3)27-15-17-30(23(5)19-27)36-21-31(35)32(6,7)8/h2*12-20,31,35H,9-11,21H2,1-8H3. The SMILES string of the molecule is CCc1ccc(-c2ccc(C(CC)(CC)c3ccc(OCC(O)C(C)(C)C)c(C)c3)cc2C)cc1F.CCc1ccc(-c2ccc(C(CC)(CC)c3ccc(OCC(O)C(C)(C)C)c(C)c3)cc2C)cc1F. The van der Waals surface area contributed by atoms with Crippen molar-refractivity contribution in [2.75, 3.05) is 13.2 Å². The second-order valence-electron chi connectivity index (χ2n) is 22.3. The number of benzene rings is 6. The van der Waals surface area contributed by atoms with Gasteiger partial charge in [-0.25, -0.2) is 8.78 Å². The molecule has 0 aromatic heterocycles. The lowest BCUT2D eigenvalue weighted by molar-refractivity contribution is 0.0216. The van der Waals surface area contributed by atoms with Crippen molar-refractivity contribution in [1.82, 2.24) is 0 Å². The molecule has 2 unspecified atom stereocenters. The molecular weight excluding hydrogens is 895 g/mol. The Hall–Kier alpha value is -5.30. The van der Waals surface area contributed by atoms with E-state index in [1.165, 1.54) is 22.3 Å². The van der Waals surface area contributed by atoms with Crippen LogP contribution in [0.25, 0.3) is 22.3 Å². The summed E-state index contributed by atoms with van der Waals surface area (Å²) < 4.78 is 40.9. The number of aliphatic hydroxyl groups is 2. The molecular formula is C66H86F2O4. The molecule has 2 atom stereocenters. The van der Waals surface area contributed by atoms with Crippen LogP contribution in [0.15, 0.2) is 109 Å². The predicted molar refractivity (Wildman–Crippen MR) is 299 cm³/mol. The number of hydrogen-bond donors (Lipinski definition) is 2. The molecule has 388 valence electrons. The Kier molecular flexibility index (Phi) is 19.3. The maximum Gasteiger partial charge on any atom is 0.127 e. The number of ether oxygens (including phenoxy) is 2. The van der Waals surface area contributed by atoms with Crippen LogP contribution < -0.4 is 9.47 Å². The van der Waals surface area contributed by atoms with Crippen molar-refractivity contribution < 1.29 is 28.5 Å².